The highest BCUT2D eigenvalue weighted by Crippen LogP contribution is 1.66. The molecule has 0 atom stereocenters. The Morgan fingerprint density at radius 2 is 2.14 bits per heavy atom. The van der Waals surface area contributed by atoms with Crippen LogP contribution in [0.15, 0.2) is 12.7 Å². The van der Waals surface area contributed by atoms with Crippen LogP contribution in [0.2, 0.25) is 0 Å². The molecule has 0 fully saturated rings. The molecule has 40 valence electrons. The van der Waals surface area contributed by atoms with Crippen LogP contribution in [0, 0.1) is 0 Å². The average Bonchev–Trinajstić information content (AvgIpc) is 1.61. The van der Waals surface area contributed by atoms with Gasteiger partial charge in [0.05, 0.1) is 0 Å². The van der Waals surface area contributed by atoms with Crippen LogP contribution in [0.1, 0.15) is 6.42 Å². The molecule has 3 heteroatoms. The van der Waals surface area contributed by atoms with Gasteiger partial charge in [-0.2, -0.15) is 8.42 Å². The molecule has 0 aliphatic heterocycles. The van der Waals surface area contributed by atoms with Crippen molar-refractivity contribution >= 4 is 15.7 Å². The van der Waals surface area contributed by atoms with E-state index in [0.717, 1.165) is 5.37 Å². The molecule has 2 nitrogen and oxygen atoms in total. The van der Waals surface area contributed by atoms with Gasteiger partial charge < -0.3 is 0 Å². The monoisotopic (exact) mass is 118 g/mol. The summed E-state index contributed by atoms with van der Waals surface area (Å²) >= 11 is 0. The van der Waals surface area contributed by atoms with Crippen LogP contribution in [0.3, 0.4) is 0 Å². The maximum absolute atomic E-state index is 9.65. The van der Waals surface area contributed by atoms with E-state index in [-0.39, 0.29) is 0 Å². The van der Waals surface area contributed by atoms with E-state index in [1.165, 1.54) is 6.08 Å². The van der Waals surface area contributed by atoms with E-state index in [1.54, 1.807) is 0 Å². The summed E-state index contributed by atoms with van der Waals surface area (Å²) in [5.41, 5.74) is 0. The molecule has 0 spiro atoms. The predicted octanol–water partition coefficient (Wildman–Crippen LogP) is 0.244. The van der Waals surface area contributed by atoms with Crippen LogP contribution in [-0.2, 0) is 10.3 Å². The average molecular weight is 118 g/mol. The minimum absolute atomic E-state index is 0.427. The highest BCUT2D eigenvalue weighted by atomic mass is 32.2. The lowest BCUT2D eigenvalue weighted by Crippen LogP contribution is -1.67. The third-order valence-corrected chi connectivity index (χ3v) is 0.864. The largest absolute Gasteiger partial charge is 0.210 e. The molecule has 0 radical (unpaired) electrons. The van der Waals surface area contributed by atoms with Crippen LogP contribution in [0.25, 0.3) is 0 Å². The summed E-state index contributed by atoms with van der Waals surface area (Å²) in [5, 5.41) is 1.15. The van der Waals surface area contributed by atoms with Crippen molar-refractivity contribution < 1.29 is 8.42 Å². The molecule has 0 aromatic carbocycles. The van der Waals surface area contributed by atoms with Crippen molar-refractivity contribution in [2.24, 2.45) is 0 Å². The second kappa shape index (κ2) is 3.61. The standard InChI is InChI=1S/C4H6O2S/c1-2-3-4-7(5)6/h2,4H,1,3H2. The quantitative estimate of drug-likeness (QED) is 0.384. The van der Waals surface area contributed by atoms with Gasteiger partial charge in [0.15, 0.2) is 0 Å². The molecule has 0 aliphatic carbocycles. The van der Waals surface area contributed by atoms with Gasteiger partial charge >= 0.3 is 0 Å². The summed E-state index contributed by atoms with van der Waals surface area (Å²) < 4.78 is 19.3. The van der Waals surface area contributed by atoms with Crippen molar-refractivity contribution in [2.75, 3.05) is 0 Å². The maximum atomic E-state index is 9.65. The lowest BCUT2D eigenvalue weighted by atomic mass is 10.5. The molecule has 0 rings (SSSR count). The van der Waals surface area contributed by atoms with Crippen LogP contribution >= 0.6 is 0 Å². The van der Waals surface area contributed by atoms with Gasteiger partial charge in [0, 0.05) is 5.37 Å². The predicted molar refractivity (Wildman–Crippen MR) is 29.8 cm³/mol. The van der Waals surface area contributed by atoms with Gasteiger partial charge in [-0.15, -0.1) is 6.58 Å². The number of hydrogen-bond donors (Lipinski definition) is 0. The van der Waals surface area contributed by atoms with Gasteiger partial charge in [-0.3, -0.25) is 0 Å². The lowest BCUT2D eigenvalue weighted by Gasteiger charge is -1.63. The fourth-order valence-corrected chi connectivity index (χ4v) is 0.440. The van der Waals surface area contributed by atoms with Gasteiger partial charge in [-0.05, 0) is 6.42 Å². The molecule has 0 saturated heterocycles. The Balaban J connectivity index is 3.71. The second-order valence-corrected chi connectivity index (χ2v) is 1.81. The van der Waals surface area contributed by atoms with E-state index in [4.69, 9.17) is 0 Å². The Bertz CT molecular complexity index is 156. The maximum Gasteiger partial charge on any atom is 0.210 e. The molecule has 0 amide bonds. The minimum Gasteiger partial charge on any atom is -0.185 e. The van der Waals surface area contributed by atoms with E-state index in [2.05, 4.69) is 6.58 Å². The first-order chi connectivity index (χ1) is 3.27. The molecule has 0 N–H and O–H groups in total. The summed E-state index contributed by atoms with van der Waals surface area (Å²) in [4.78, 5) is 0. The molecular formula is C4H6O2S. The SMILES string of the molecule is C=CCC=S(=O)=O. The van der Waals surface area contributed by atoms with Gasteiger partial charge in [0.25, 0.3) is 0 Å². The van der Waals surface area contributed by atoms with Crippen molar-refractivity contribution in [3.05, 3.63) is 12.7 Å². The zero-order valence-electron chi connectivity index (χ0n) is 3.79. The molecule has 0 bridgehead atoms. The fraction of sp³-hybridized carbons (Fsp3) is 0.250. The summed E-state index contributed by atoms with van der Waals surface area (Å²) in [6.07, 6.45) is 1.95. The van der Waals surface area contributed by atoms with Crippen LogP contribution in [-0.4, -0.2) is 13.8 Å². The smallest absolute Gasteiger partial charge is 0.185 e. The minimum atomic E-state index is -2.01. The van der Waals surface area contributed by atoms with Gasteiger partial charge in [-0.25, -0.2) is 0 Å². The van der Waals surface area contributed by atoms with E-state index in [0.29, 0.717) is 6.42 Å². The summed E-state index contributed by atoms with van der Waals surface area (Å²) in [6.45, 7) is 3.33. The second-order valence-electron chi connectivity index (χ2n) is 0.952. The van der Waals surface area contributed by atoms with Gasteiger partial charge in [-0.1, -0.05) is 6.08 Å². The van der Waals surface area contributed by atoms with Crippen LogP contribution < -0.4 is 0 Å². The van der Waals surface area contributed by atoms with Crippen molar-refractivity contribution in [3.8, 4) is 0 Å². The number of rotatable bonds is 2. The zero-order valence-corrected chi connectivity index (χ0v) is 4.61. The number of hydrogen-bond acceptors (Lipinski definition) is 2. The van der Waals surface area contributed by atoms with Crippen molar-refractivity contribution in [3.63, 3.8) is 0 Å². The van der Waals surface area contributed by atoms with E-state index >= 15 is 0 Å². The third-order valence-electron chi connectivity index (χ3n) is 0.399. The molecule has 0 aliphatic rings. The molecule has 0 aromatic rings. The summed E-state index contributed by atoms with van der Waals surface area (Å²) in [5.74, 6) is 0. The Kier molecular flexibility index (Phi) is 3.32. The summed E-state index contributed by atoms with van der Waals surface area (Å²) in [7, 11) is -2.01. The first-order valence-electron chi connectivity index (χ1n) is 1.79. The first-order valence-corrected chi connectivity index (χ1v) is 2.93. The molecule has 0 aromatic heterocycles. The van der Waals surface area contributed by atoms with Crippen molar-refractivity contribution in [1.29, 1.82) is 0 Å². The van der Waals surface area contributed by atoms with E-state index in [1.807, 2.05) is 0 Å². The van der Waals surface area contributed by atoms with E-state index in [9.17, 15) is 8.42 Å². The first kappa shape index (κ1) is 6.43. The van der Waals surface area contributed by atoms with Gasteiger partial charge in [0.1, 0.15) is 0 Å². The molecule has 0 saturated carbocycles. The summed E-state index contributed by atoms with van der Waals surface area (Å²) in [6, 6.07) is 0. The van der Waals surface area contributed by atoms with Gasteiger partial charge in [0.2, 0.25) is 10.3 Å². The Morgan fingerprint density at radius 1 is 1.57 bits per heavy atom. The Labute approximate surface area is 44.0 Å². The number of allylic oxidation sites excluding steroid dienone is 1. The highest BCUT2D eigenvalue weighted by molar-refractivity contribution is 7.71. The van der Waals surface area contributed by atoms with Crippen LogP contribution in [0.4, 0.5) is 0 Å². The molecule has 7 heavy (non-hydrogen) atoms. The molecular weight excluding hydrogens is 112 g/mol. The zero-order chi connectivity index (χ0) is 5.70. The van der Waals surface area contributed by atoms with Crippen molar-refractivity contribution in [2.45, 2.75) is 6.42 Å². The Morgan fingerprint density at radius 3 is 2.29 bits per heavy atom. The lowest BCUT2D eigenvalue weighted by molar-refractivity contribution is 0.627. The molecule has 0 unspecified atom stereocenters. The van der Waals surface area contributed by atoms with E-state index < -0.39 is 10.3 Å². The van der Waals surface area contributed by atoms with Crippen LogP contribution in [0.5, 0.6) is 0 Å². The highest BCUT2D eigenvalue weighted by Gasteiger charge is 1.65. The fourth-order valence-electron chi connectivity index (χ4n) is 0.147. The molecule has 0 heterocycles. The Hall–Kier alpha value is -0.570. The van der Waals surface area contributed by atoms with Crippen molar-refractivity contribution in [1.82, 2.24) is 0 Å². The topological polar surface area (TPSA) is 34.1 Å². The normalized spacial score (nSPS) is 7.43. The third kappa shape index (κ3) is 5.43.